The van der Waals surface area contributed by atoms with E-state index >= 15 is 0 Å². The highest BCUT2D eigenvalue weighted by Gasteiger charge is 2.11. The van der Waals surface area contributed by atoms with E-state index < -0.39 is 11.7 Å². The number of nitrogens with zero attached hydrogens (tertiary/aromatic N) is 1. The lowest BCUT2D eigenvalue weighted by molar-refractivity contribution is -0.112. The van der Waals surface area contributed by atoms with Crippen LogP contribution in [0.5, 0.6) is 0 Å². The van der Waals surface area contributed by atoms with E-state index in [0.717, 1.165) is 11.1 Å². The lowest BCUT2D eigenvalue weighted by Crippen LogP contribution is -2.13. The molecule has 0 fully saturated rings. The molecule has 3 aromatic carbocycles. The molecule has 0 saturated heterocycles. The Kier molecular flexibility index (Phi) is 5.93. The first-order valence-electron chi connectivity index (χ1n) is 8.56. The van der Waals surface area contributed by atoms with Crippen molar-refractivity contribution in [1.82, 2.24) is 0 Å². The molecule has 0 unspecified atom stereocenters. The summed E-state index contributed by atoms with van der Waals surface area (Å²) in [6.07, 6.45) is 1.95. The highest BCUT2D eigenvalue weighted by Crippen LogP contribution is 2.19. The van der Waals surface area contributed by atoms with Crippen LogP contribution in [0.3, 0.4) is 0 Å². The van der Waals surface area contributed by atoms with Crippen LogP contribution in [0.1, 0.15) is 16.7 Å². The number of nitrogens with one attached hydrogen (secondary N) is 1. The number of rotatable bonds is 5. The number of carbonyl (C=O) groups excluding carboxylic acids is 1. The van der Waals surface area contributed by atoms with Crippen molar-refractivity contribution in [3.63, 3.8) is 0 Å². The number of halogens is 2. The predicted octanol–water partition coefficient (Wildman–Crippen LogP) is 5.10. The SMILES string of the molecule is N#C/C(=C\c1ccccc1Cc1cccc(F)c1)C(=O)Nc1ccc(F)cc1. The van der Waals surface area contributed by atoms with Crippen LogP contribution in [0.2, 0.25) is 0 Å². The van der Waals surface area contributed by atoms with Gasteiger partial charge in [-0.2, -0.15) is 5.26 Å². The fraction of sp³-hybridized carbons (Fsp3) is 0.0435. The van der Waals surface area contributed by atoms with Gasteiger partial charge in [-0.25, -0.2) is 8.78 Å². The number of amides is 1. The van der Waals surface area contributed by atoms with Gasteiger partial charge in [0.15, 0.2) is 0 Å². The second-order valence-corrected chi connectivity index (χ2v) is 6.14. The molecule has 0 aliphatic rings. The third-order valence-electron chi connectivity index (χ3n) is 4.11. The standard InChI is InChI=1S/C23H16F2N2O/c24-20-8-10-22(11-9-20)27-23(28)19(15-26)14-18-6-2-1-5-17(18)12-16-4-3-7-21(25)13-16/h1-11,13-14H,12H2,(H,27,28)/b19-14+. The molecule has 28 heavy (non-hydrogen) atoms. The Morgan fingerprint density at radius 3 is 2.43 bits per heavy atom. The smallest absolute Gasteiger partial charge is 0.266 e. The second kappa shape index (κ2) is 8.74. The van der Waals surface area contributed by atoms with E-state index in [2.05, 4.69) is 5.32 Å². The van der Waals surface area contributed by atoms with Crippen molar-refractivity contribution < 1.29 is 13.6 Å². The maximum absolute atomic E-state index is 13.4. The maximum atomic E-state index is 13.4. The first kappa shape index (κ1) is 19.0. The molecule has 3 rings (SSSR count). The van der Waals surface area contributed by atoms with Crippen molar-refractivity contribution in [1.29, 1.82) is 5.26 Å². The van der Waals surface area contributed by atoms with E-state index in [0.29, 0.717) is 17.7 Å². The molecule has 0 saturated carbocycles. The minimum absolute atomic E-state index is 0.0870. The minimum Gasteiger partial charge on any atom is -0.321 e. The van der Waals surface area contributed by atoms with E-state index in [1.54, 1.807) is 18.2 Å². The third kappa shape index (κ3) is 4.89. The van der Waals surface area contributed by atoms with Gasteiger partial charge in [0.1, 0.15) is 23.3 Å². The summed E-state index contributed by atoms with van der Waals surface area (Å²) in [5.74, 6) is -1.32. The van der Waals surface area contributed by atoms with Gasteiger partial charge in [-0.3, -0.25) is 4.79 Å². The molecule has 1 amide bonds. The molecule has 3 aromatic rings. The number of hydrogen-bond donors (Lipinski definition) is 1. The summed E-state index contributed by atoms with van der Waals surface area (Å²) in [5.41, 5.74) is 2.64. The van der Waals surface area contributed by atoms with Gasteiger partial charge in [0.2, 0.25) is 0 Å². The van der Waals surface area contributed by atoms with Gasteiger partial charge >= 0.3 is 0 Å². The molecule has 0 bridgehead atoms. The summed E-state index contributed by atoms with van der Waals surface area (Å²) in [5, 5.41) is 12.0. The number of hydrogen-bond acceptors (Lipinski definition) is 2. The van der Waals surface area contributed by atoms with Gasteiger partial charge in [-0.15, -0.1) is 0 Å². The van der Waals surface area contributed by atoms with Crippen LogP contribution in [-0.2, 0) is 11.2 Å². The average molecular weight is 374 g/mol. The molecule has 0 aromatic heterocycles. The summed E-state index contributed by atoms with van der Waals surface area (Å²) in [7, 11) is 0. The van der Waals surface area contributed by atoms with E-state index in [9.17, 15) is 18.8 Å². The lowest BCUT2D eigenvalue weighted by Gasteiger charge is -2.08. The molecule has 0 atom stereocenters. The van der Waals surface area contributed by atoms with Crippen LogP contribution < -0.4 is 5.32 Å². The van der Waals surface area contributed by atoms with Crippen LogP contribution in [0, 0.1) is 23.0 Å². The van der Waals surface area contributed by atoms with Crippen molar-refractivity contribution >= 4 is 17.7 Å². The van der Waals surface area contributed by atoms with Gasteiger partial charge < -0.3 is 5.32 Å². The molecular formula is C23H16F2N2O. The van der Waals surface area contributed by atoms with E-state index in [1.165, 1.54) is 42.5 Å². The molecule has 138 valence electrons. The van der Waals surface area contributed by atoms with Gasteiger partial charge in [0.05, 0.1) is 0 Å². The van der Waals surface area contributed by atoms with Gasteiger partial charge in [-0.1, -0.05) is 36.4 Å². The number of anilines is 1. The Labute approximate surface area is 161 Å². The Morgan fingerprint density at radius 1 is 0.964 bits per heavy atom. The molecule has 0 heterocycles. The summed E-state index contributed by atoms with van der Waals surface area (Å²) >= 11 is 0. The molecule has 5 heteroatoms. The van der Waals surface area contributed by atoms with E-state index in [1.807, 2.05) is 24.3 Å². The van der Waals surface area contributed by atoms with Crippen molar-refractivity contribution in [3.05, 3.63) is 107 Å². The molecule has 3 nitrogen and oxygen atoms in total. The molecule has 0 aliphatic heterocycles. The first-order valence-corrected chi connectivity index (χ1v) is 8.56. The van der Waals surface area contributed by atoms with Gasteiger partial charge in [-0.05, 0) is 65.6 Å². The summed E-state index contributed by atoms with van der Waals surface area (Å²) < 4.78 is 26.4. The zero-order chi connectivity index (χ0) is 19.9. The monoisotopic (exact) mass is 374 g/mol. The topological polar surface area (TPSA) is 52.9 Å². The predicted molar refractivity (Wildman–Crippen MR) is 104 cm³/mol. The molecule has 0 spiro atoms. The van der Waals surface area contributed by atoms with Crippen LogP contribution in [0.15, 0.2) is 78.4 Å². The Morgan fingerprint density at radius 2 is 1.71 bits per heavy atom. The highest BCUT2D eigenvalue weighted by atomic mass is 19.1. The molecular weight excluding hydrogens is 358 g/mol. The number of carbonyl (C=O) groups is 1. The largest absolute Gasteiger partial charge is 0.321 e. The number of nitriles is 1. The Hall–Kier alpha value is -3.78. The lowest BCUT2D eigenvalue weighted by atomic mass is 9.98. The summed E-state index contributed by atoms with van der Waals surface area (Å²) in [4.78, 5) is 12.4. The maximum Gasteiger partial charge on any atom is 0.266 e. The summed E-state index contributed by atoms with van der Waals surface area (Å²) in [6, 6.07) is 20.8. The zero-order valence-electron chi connectivity index (χ0n) is 14.8. The van der Waals surface area contributed by atoms with Crippen molar-refractivity contribution in [3.8, 4) is 6.07 Å². The Bertz CT molecular complexity index is 1070. The van der Waals surface area contributed by atoms with Crippen LogP contribution in [-0.4, -0.2) is 5.91 Å². The Balaban J connectivity index is 1.85. The van der Waals surface area contributed by atoms with Gasteiger partial charge in [0, 0.05) is 5.69 Å². The van der Waals surface area contributed by atoms with Crippen molar-refractivity contribution in [2.24, 2.45) is 0 Å². The fourth-order valence-corrected chi connectivity index (χ4v) is 2.74. The van der Waals surface area contributed by atoms with Crippen LogP contribution in [0.4, 0.5) is 14.5 Å². The molecule has 1 N–H and O–H groups in total. The minimum atomic E-state index is -0.588. The van der Waals surface area contributed by atoms with Gasteiger partial charge in [0.25, 0.3) is 5.91 Å². The molecule has 0 aliphatic carbocycles. The van der Waals surface area contributed by atoms with E-state index in [4.69, 9.17) is 0 Å². The number of benzene rings is 3. The second-order valence-electron chi connectivity index (χ2n) is 6.14. The third-order valence-corrected chi connectivity index (χ3v) is 4.11. The van der Waals surface area contributed by atoms with E-state index in [-0.39, 0.29) is 11.4 Å². The first-order chi connectivity index (χ1) is 13.5. The fourth-order valence-electron chi connectivity index (χ4n) is 2.74. The summed E-state index contributed by atoms with van der Waals surface area (Å²) in [6.45, 7) is 0. The average Bonchev–Trinajstić information content (AvgIpc) is 2.69. The quantitative estimate of drug-likeness (QED) is 0.499. The van der Waals surface area contributed by atoms with Crippen molar-refractivity contribution in [2.75, 3.05) is 5.32 Å². The zero-order valence-corrected chi connectivity index (χ0v) is 14.8. The highest BCUT2D eigenvalue weighted by molar-refractivity contribution is 6.09. The normalized spacial score (nSPS) is 11.0. The van der Waals surface area contributed by atoms with Crippen LogP contribution in [0.25, 0.3) is 6.08 Å². The van der Waals surface area contributed by atoms with Crippen molar-refractivity contribution in [2.45, 2.75) is 6.42 Å². The van der Waals surface area contributed by atoms with Crippen LogP contribution >= 0.6 is 0 Å². The molecule has 0 radical (unpaired) electrons.